The van der Waals surface area contributed by atoms with Crippen LogP contribution in [0.3, 0.4) is 0 Å². The van der Waals surface area contributed by atoms with E-state index in [-0.39, 0.29) is 25.0 Å². The molecule has 3 rings (SSSR count). The van der Waals surface area contributed by atoms with Gasteiger partial charge in [0.05, 0.1) is 13.2 Å². The number of hydrogen-bond acceptors (Lipinski definition) is 3. The molecule has 1 amide bonds. The van der Waals surface area contributed by atoms with Crippen molar-refractivity contribution >= 4 is 11.9 Å². The van der Waals surface area contributed by atoms with Gasteiger partial charge in [-0.3, -0.25) is 4.79 Å². The van der Waals surface area contributed by atoms with Gasteiger partial charge in [-0.2, -0.15) is 0 Å². The zero-order chi connectivity index (χ0) is 18.4. The number of hydrogen-bond donors (Lipinski definition) is 1. The van der Waals surface area contributed by atoms with Crippen LogP contribution in [-0.2, 0) is 20.7 Å². The molecule has 1 fully saturated rings. The van der Waals surface area contributed by atoms with E-state index in [0.29, 0.717) is 13.0 Å². The van der Waals surface area contributed by atoms with E-state index in [0.717, 1.165) is 12.0 Å². The Balaban J connectivity index is 1.72. The van der Waals surface area contributed by atoms with Crippen molar-refractivity contribution in [2.45, 2.75) is 24.9 Å². The zero-order valence-electron chi connectivity index (χ0n) is 14.6. The Kier molecular flexibility index (Phi) is 6.02. The highest BCUT2D eigenvalue weighted by Gasteiger charge is 2.30. The van der Waals surface area contributed by atoms with Crippen LogP contribution in [0.15, 0.2) is 60.7 Å². The Labute approximate surface area is 153 Å². The number of carboxylic acids is 1. The first kappa shape index (κ1) is 18.1. The third-order valence-corrected chi connectivity index (χ3v) is 4.71. The number of rotatable bonds is 6. The number of morpholine rings is 1. The number of carbonyl (C=O) groups is 2. The van der Waals surface area contributed by atoms with E-state index >= 15 is 0 Å². The minimum absolute atomic E-state index is 0.0238. The number of ether oxygens (including phenoxy) is 1. The smallest absolute Gasteiger partial charge is 0.334 e. The van der Waals surface area contributed by atoms with Crippen LogP contribution in [0.2, 0.25) is 0 Å². The normalized spacial score (nSPS) is 18.3. The third kappa shape index (κ3) is 4.70. The topological polar surface area (TPSA) is 66.8 Å². The molecular weight excluding hydrogens is 330 g/mol. The van der Waals surface area contributed by atoms with Gasteiger partial charge in [0.1, 0.15) is 0 Å². The summed E-state index contributed by atoms with van der Waals surface area (Å²) < 4.78 is 5.21. The minimum atomic E-state index is -1.02. The highest BCUT2D eigenvalue weighted by molar-refractivity contribution is 5.79. The highest BCUT2D eigenvalue weighted by Crippen LogP contribution is 2.25. The molecule has 0 bridgehead atoms. The lowest BCUT2D eigenvalue weighted by atomic mass is 9.89. The van der Waals surface area contributed by atoms with Crippen LogP contribution >= 0.6 is 0 Å². The number of aliphatic carboxylic acids is 1. The molecule has 0 unspecified atom stereocenters. The van der Waals surface area contributed by atoms with Crippen molar-refractivity contribution in [1.82, 2.24) is 4.90 Å². The van der Waals surface area contributed by atoms with Crippen molar-refractivity contribution in [2.24, 2.45) is 0 Å². The number of benzene rings is 2. The molecule has 0 aromatic heterocycles. The summed E-state index contributed by atoms with van der Waals surface area (Å²) in [5.74, 6) is -0.993. The molecule has 1 N–H and O–H groups in total. The average molecular weight is 353 g/mol. The van der Waals surface area contributed by atoms with Gasteiger partial charge in [0.25, 0.3) is 0 Å². The Morgan fingerprint density at radius 1 is 1.08 bits per heavy atom. The maximum atomic E-state index is 12.8. The van der Waals surface area contributed by atoms with E-state index in [1.807, 2.05) is 48.5 Å². The molecule has 0 spiro atoms. The van der Waals surface area contributed by atoms with E-state index in [4.69, 9.17) is 9.84 Å². The predicted molar refractivity (Wildman–Crippen MR) is 97.9 cm³/mol. The molecular formula is C21H23NO4. The fourth-order valence-electron chi connectivity index (χ4n) is 3.30. The molecule has 0 saturated carbocycles. The van der Waals surface area contributed by atoms with Crippen LogP contribution in [0.25, 0.3) is 0 Å². The molecule has 2 atom stereocenters. The summed E-state index contributed by atoms with van der Waals surface area (Å²) in [7, 11) is 0. The van der Waals surface area contributed by atoms with Crippen LogP contribution in [0.1, 0.15) is 23.5 Å². The molecule has 5 nitrogen and oxygen atoms in total. The van der Waals surface area contributed by atoms with Crippen molar-refractivity contribution in [2.75, 3.05) is 19.7 Å². The molecule has 2 aromatic rings. The number of nitrogens with zero attached hydrogens (tertiary/aromatic N) is 1. The van der Waals surface area contributed by atoms with Crippen molar-refractivity contribution < 1.29 is 19.4 Å². The Hall–Kier alpha value is -2.66. The van der Waals surface area contributed by atoms with E-state index < -0.39 is 12.1 Å². The Morgan fingerprint density at radius 2 is 1.73 bits per heavy atom. The van der Waals surface area contributed by atoms with Gasteiger partial charge in [0.15, 0.2) is 6.10 Å². The molecule has 2 aromatic carbocycles. The first-order chi connectivity index (χ1) is 12.6. The third-order valence-electron chi connectivity index (χ3n) is 4.71. The summed E-state index contributed by atoms with van der Waals surface area (Å²) in [5.41, 5.74) is 2.30. The van der Waals surface area contributed by atoms with Gasteiger partial charge in [-0.25, -0.2) is 4.79 Å². The monoisotopic (exact) mass is 353 g/mol. The Bertz CT molecular complexity index is 732. The molecule has 1 saturated heterocycles. The molecule has 1 heterocycles. The lowest BCUT2D eigenvalue weighted by Crippen LogP contribution is -2.48. The van der Waals surface area contributed by atoms with Gasteiger partial charge in [-0.1, -0.05) is 60.7 Å². The second kappa shape index (κ2) is 8.63. The van der Waals surface area contributed by atoms with Crippen molar-refractivity contribution in [3.8, 4) is 0 Å². The van der Waals surface area contributed by atoms with E-state index in [1.165, 1.54) is 5.56 Å². The largest absolute Gasteiger partial charge is 0.479 e. The molecule has 0 radical (unpaired) electrons. The molecule has 1 aliphatic heterocycles. The SMILES string of the molecule is O=C(O)[C@@H]1CN(C(=O)C[C@@H](Cc2ccccc2)c2ccccc2)CCO1. The van der Waals surface area contributed by atoms with Crippen LogP contribution < -0.4 is 0 Å². The summed E-state index contributed by atoms with van der Waals surface area (Å²) >= 11 is 0. The second-order valence-electron chi connectivity index (χ2n) is 6.54. The van der Waals surface area contributed by atoms with Crippen LogP contribution in [0.5, 0.6) is 0 Å². The van der Waals surface area contributed by atoms with Crippen LogP contribution in [0.4, 0.5) is 0 Å². The fourth-order valence-corrected chi connectivity index (χ4v) is 3.30. The van der Waals surface area contributed by atoms with Crippen molar-refractivity contribution in [1.29, 1.82) is 0 Å². The lowest BCUT2D eigenvalue weighted by molar-refractivity contribution is -0.159. The number of amides is 1. The molecule has 136 valence electrons. The fraction of sp³-hybridized carbons (Fsp3) is 0.333. The first-order valence-electron chi connectivity index (χ1n) is 8.84. The van der Waals surface area contributed by atoms with Gasteiger partial charge in [0.2, 0.25) is 5.91 Å². The summed E-state index contributed by atoms with van der Waals surface area (Å²) in [6.45, 7) is 0.813. The minimum Gasteiger partial charge on any atom is -0.479 e. The average Bonchev–Trinajstić information content (AvgIpc) is 2.69. The maximum absolute atomic E-state index is 12.8. The highest BCUT2D eigenvalue weighted by atomic mass is 16.5. The maximum Gasteiger partial charge on any atom is 0.334 e. The molecule has 5 heteroatoms. The first-order valence-corrected chi connectivity index (χ1v) is 8.84. The van der Waals surface area contributed by atoms with Gasteiger partial charge in [-0.05, 0) is 23.5 Å². The number of carbonyl (C=O) groups excluding carboxylic acids is 1. The summed E-state index contributed by atoms with van der Waals surface area (Å²) in [6, 6.07) is 20.1. The standard InChI is InChI=1S/C21H23NO4/c23-20(22-11-12-26-19(15-22)21(24)25)14-18(17-9-5-2-6-10-17)13-16-7-3-1-4-8-16/h1-10,18-19H,11-15H2,(H,24,25)/t18-,19+/m1/s1. The molecule has 26 heavy (non-hydrogen) atoms. The molecule has 0 aliphatic carbocycles. The Morgan fingerprint density at radius 3 is 2.38 bits per heavy atom. The second-order valence-corrected chi connectivity index (χ2v) is 6.54. The summed E-state index contributed by atoms with van der Waals surface area (Å²) in [6.07, 6.45) is 0.186. The van der Waals surface area contributed by atoms with Gasteiger partial charge < -0.3 is 14.7 Å². The van der Waals surface area contributed by atoms with Crippen LogP contribution in [0, 0.1) is 0 Å². The molecule has 1 aliphatic rings. The van der Waals surface area contributed by atoms with Crippen molar-refractivity contribution in [3.05, 3.63) is 71.8 Å². The zero-order valence-corrected chi connectivity index (χ0v) is 14.6. The lowest BCUT2D eigenvalue weighted by Gasteiger charge is -2.32. The van der Waals surface area contributed by atoms with Gasteiger partial charge in [-0.15, -0.1) is 0 Å². The predicted octanol–water partition coefficient (Wildman–Crippen LogP) is 2.72. The van der Waals surface area contributed by atoms with Gasteiger partial charge >= 0.3 is 5.97 Å². The van der Waals surface area contributed by atoms with E-state index in [2.05, 4.69) is 12.1 Å². The van der Waals surface area contributed by atoms with E-state index in [1.54, 1.807) is 4.90 Å². The van der Waals surface area contributed by atoms with Crippen LogP contribution in [-0.4, -0.2) is 47.7 Å². The summed E-state index contributed by atoms with van der Waals surface area (Å²) in [5, 5.41) is 9.13. The van der Waals surface area contributed by atoms with Crippen molar-refractivity contribution in [3.63, 3.8) is 0 Å². The quantitative estimate of drug-likeness (QED) is 0.867. The van der Waals surface area contributed by atoms with E-state index in [9.17, 15) is 9.59 Å². The van der Waals surface area contributed by atoms with Gasteiger partial charge in [0, 0.05) is 13.0 Å². The number of carboxylic acid groups (broad SMARTS) is 1. The summed E-state index contributed by atoms with van der Waals surface area (Å²) in [4.78, 5) is 25.6.